The molecule has 6 rings (SSSR count). The molecule has 0 unspecified atom stereocenters. The zero-order valence-electron chi connectivity index (χ0n) is 13.8. The van der Waals surface area contributed by atoms with Crippen LogP contribution >= 0.6 is 0 Å². The zero-order valence-corrected chi connectivity index (χ0v) is 13.8. The average molecular weight is 336 g/mol. The van der Waals surface area contributed by atoms with Crippen molar-refractivity contribution in [1.29, 1.82) is 0 Å². The second-order valence-corrected chi connectivity index (χ2v) is 6.94. The molecule has 128 valence electrons. The molecule has 3 saturated heterocycles. The van der Waals surface area contributed by atoms with Crippen LogP contribution in [-0.2, 0) is 0 Å². The number of anilines is 1. The van der Waals surface area contributed by atoms with Crippen molar-refractivity contribution in [2.75, 3.05) is 25.0 Å². The van der Waals surface area contributed by atoms with Crippen LogP contribution in [-0.4, -0.2) is 56.8 Å². The van der Waals surface area contributed by atoms with E-state index in [0.717, 1.165) is 17.7 Å². The predicted octanol–water partition coefficient (Wildman–Crippen LogP) is 2.27. The van der Waals surface area contributed by atoms with Gasteiger partial charge in [0.05, 0.1) is 0 Å². The Hall–Kier alpha value is -2.67. The lowest BCUT2D eigenvalue weighted by Gasteiger charge is -2.44. The summed E-state index contributed by atoms with van der Waals surface area (Å²) in [7, 11) is 0. The number of hydrogen-bond donors (Lipinski definition) is 3. The van der Waals surface area contributed by atoms with Gasteiger partial charge in [-0.1, -0.05) is 0 Å². The Bertz CT molecular complexity index is 862. The number of nitrogens with one attached hydrogen (secondary N) is 2. The molecule has 0 aromatic carbocycles. The minimum atomic E-state index is 0.00187. The Balaban J connectivity index is 1.38. The van der Waals surface area contributed by atoms with Crippen LogP contribution in [0.3, 0.4) is 0 Å². The van der Waals surface area contributed by atoms with Crippen LogP contribution in [0.15, 0.2) is 23.3 Å². The molecule has 2 aromatic rings. The Morgan fingerprint density at radius 1 is 1.32 bits per heavy atom. The summed E-state index contributed by atoms with van der Waals surface area (Å²) < 4.78 is 0. The van der Waals surface area contributed by atoms with E-state index in [4.69, 9.17) is 0 Å². The van der Waals surface area contributed by atoms with Gasteiger partial charge in [0, 0.05) is 36.1 Å². The lowest BCUT2D eigenvalue weighted by Crippen LogP contribution is -2.53. The summed E-state index contributed by atoms with van der Waals surface area (Å²) >= 11 is 0. The van der Waals surface area contributed by atoms with E-state index in [1.807, 2.05) is 18.2 Å². The van der Waals surface area contributed by atoms with Crippen LogP contribution in [0.25, 0.3) is 11.6 Å². The number of allylic oxidation sites excluding steroid dienone is 1. The summed E-state index contributed by atoms with van der Waals surface area (Å²) in [6.07, 6.45) is 7.82. The zero-order chi connectivity index (χ0) is 16.8. The average Bonchev–Trinajstić information content (AvgIpc) is 3.20. The van der Waals surface area contributed by atoms with Crippen molar-refractivity contribution in [2.45, 2.75) is 18.9 Å². The number of nitrogens with zero attached hydrogens (tertiary/aromatic N) is 4. The number of hydrogen-bond acceptors (Lipinski definition) is 6. The van der Waals surface area contributed by atoms with Gasteiger partial charge in [-0.25, -0.2) is 9.98 Å². The van der Waals surface area contributed by atoms with Gasteiger partial charge >= 0.3 is 0 Å². The summed E-state index contributed by atoms with van der Waals surface area (Å²) in [6, 6.07) is 4.25. The Morgan fingerprint density at radius 2 is 2.20 bits per heavy atom. The molecule has 3 N–H and O–H groups in total. The molecule has 4 aliphatic heterocycles. The molecule has 2 bridgehead atoms. The highest BCUT2D eigenvalue weighted by molar-refractivity contribution is 6.20. The van der Waals surface area contributed by atoms with Crippen molar-refractivity contribution in [2.24, 2.45) is 10.9 Å². The van der Waals surface area contributed by atoms with Crippen LogP contribution in [0.1, 0.15) is 24.1 Å². The minimum absolute atomic E-state index is 0.00187. The van der Waals surface area contributed by atoms with E-state index in [9.17, 15) is 5.11 Å². The van der Waals surface area contributed by atoms with E-state index in [1.165, 1.54) is 25.9 Å². The number of fused-ring (bicyclic) bond motifs is 4. The quantitative estimate of drug-likeness (QED) is 0.800. The Morgan fingerprint density at radius 3 is 3.00 bits per heavy atom. The van der Waals surface area contributed by atoms with Crippen molar-refractivity contribution >= 4 is 29.6 Å². The maximum absolute atomic E-state index is 10.2. The summed E-state index contributed by atoms with van der Waals surface area (Å²) in [4.78, 5) is 18.5. The molecule has 1 atom stereocenters. The fraction of sp³-hybridized carbons (Fsp3) is 0.389. The number of aromatic nitrogens is 3. The van der Waals surface area contributed by atoms with E-state index < -0.39 is 0 Å². The largest absolute Gasteiger partial charge is 0.492 e. The predicted molar refractivity (Wildman–Crippen MR) is 97.1 cm³/mol. The third-order valence-electron chi connectivity index (χ3n) is 5.41. The summed E-state index contributed by atoms with van der Waals surface area (Å²) in [6.45, 7) is 3.46. The summed E-state index contributed by atoms with van der Waals surface area (Å²) in [5.41, 5.74) is 2.46. The maximum atomic E-state index is 10.2. The summed E-state index contributed by atoms with van der Waals surface area (Å²) in [5, 5.41) is 13.7. The van der Waals surface area contributed by atoms with Gasteiger partial charge in [-0.3, -0.25) is 0 Å². The fourth-order valence-corrected chi connectivity index (χ4v) is 4.05. The lowest BCUT2D eigenvalue weighted by molar-refractivity contribution is 0.0972. The SMILES string of the molecule is Oc1nc(N[C@H]2CN3CCC2CC3)[nH]c1C=C1C=Nc2ncccc21. The normalized spacial score (nSPS) is 28.5. The highest BCUT2D eigenvalue weighted by Gasteiger charge is 2.34. The van der Waals surface area contributed by atoms with Crippen LogP contribution in [0.2, 0.25) is 0 Å². The topological polar surface area (TPSA) is 89.4 Å². The van der Waals surface area contributed by atoms with Gasteiger partial charge in [-0.2, -0.15) is 4.98 Å². The van der Waals surface area contributed by atoms with Gasteiger partial charge in [0.2, 0.25) is 11.8 Å². The van der Waals surface area contributed by atoms with Crippen LogP contribution in [0.4, 0.5) is 11.8 Å². The van der Waals surface area contributed by atoms with Gasteiger partial charge in [0.15, 0.2) is 5.82 Å². The van der Waals surface area contributed by atoms with Gasteiger partial charge in [0.1, 0.15) is 5.69 Å². The second kappa shape index (κ2) is 5.70. The molecule has 0 spiro atoms. The second-order valence-electron chi connectivity index (χ2n) is 6.94. The van der Waals surface area contributed by atoms with E-state index in [-0.39, 0.29) is 5.88 Å². The third-order valence-corrected chi connectivity index (χ3v) is 5.41. The molecule has 0 amide bonds. The van der Waals surface area contributed by atoms with E-state index in [2.05, 4.69) is 30.2 Å². The Labute approximate surface area is 145 Å². The molecule has 25 heavy (non-hydrogen) atoms. The molecule has 0 radical (unpaired) electrons. The summed E-state index contributed by atoms with van der Waals surface area (Å²) in [5.74, 6) is 2.03. The number of aromatic amines is 1. The molecule has 7 nitrogen and oxygen atoms in total. The van der Waals surface area contributed by atoms with Crippen LogP contribution in [0.5, 0.6) is 5.88 Å². The third kappa shape index (κ3) is 2.60. The van der Waals surface area contributed by atoms with Crippen molar-refractivity contribution in [3.8, 4) is 5.88 Å². The minimum Gasteiger partial charge on any atom is -0.492 e. The molecule has 4 aliphatic rings. The molecule has 6 heterocycles. The molecule has 0 saturated carbocycles. The van der Waals surface area contributed by atoms with Gasteiger partial charge in [0.25, 0.3) is 0 Å². The van der Waals surface area contributed by atoms with E-state index >= 15 is 0 Å². The van der Waals surface area contributed by atoms with E-state index in [0.29, 0.717) is 29.4 Å². The molecule has 3 fully saturated rings. The maximum Gasteiger partial charge on any atom is 0.238 e. The van der Waals surface area contributed by atoms with Gasteiger partial charge < -0.3 is 20.3 Å². The Kier molecular flexibility index (Phi) is 3.34. The standard InChI is InChI=1S/C18H20N6O/c25-17-14(8-12-9-20-16-13(12)2-1-5-19-16)21-18(23-17)22-15-10-24-6-3-11(15)4-7-24/h1-2,5,8-9,11,15,25H,3-4,6-7,10H2,(H2,21,22,23)/t15-/m0/s1. The number of rotatable bonds is 3. The highest BCUT2D eigenvalue weighted by atomic mass is 16.3. The van der Waals surface area contributed by atoms with Gasteiger partial charge in [-0.15, -0.1) is 0 Å². The molecular formula is C18H20N6O. The molecular weight excluding hydrogens is 316 g/mol. The van der Waals surface area contributed by atoms with Crippen LogP contribution < -0.4 is 5.32 Å². The molecule has 0 aliphatic carbocycles. The number of piperidine rings is 3. The van der Waals surface area contributed by atoms with E-state index in [1.54, 1.807) is 12.4 Å². The molecule has 7 heteroatoms. The van der Waals surface area contributed by atoms with Crippen LogP contribution in [0, 0.1) is 5.92 Å². The van der Waals surface area contributed by atoms with Crippen molar-refractivity contribution in [3.63, 3.8) is 0 Å². The first-order valence-electron chi connectivity index (χ1n) is 8.75. The first-order valence-corrected chi connectivity index (χ1v) is 8.75. The first kappa shape index (κ1) is 14.7. The smallest absolute Gasteiger partial charge is 0.238 e. The number of aliphatic imine (C=N–C) groups is 1. The van der Waals surface area contributed by atoms with Crippen molar-refractivity contribution in [1.82, 2.24) is 19.9 Å². The molecule has 2 aromatic heterocycles. The fourth-order valence-electron chi connectivity index (χ4n) is 4.05. The number of imidazole rings is 1. The number of pyridine rings is 1. The van der Waals surface area contributed by atoms with Gasteiger partial charge in [-0.05, 0) is 50.1 Å². The first-order chi connectivity index (χ1) is 12.3. The van der Waals surface area contributed by atoms with Crippen molar-refractivity contribution in [3.05, 3.63) is 29.6 Å². The lowest BCUT2D eigenvalue weighted by atomic mass is 9.84. The van der Waals surface area contributed by atoms with Crippen molar-refractivity contribution < 1.29 is 5.11 Å². The number of H-pyrrole nitrogens is 1. The highest BCUT2D eigenvalue weighted by Crippen LogP contribution is 2.33. The monoisotopic (exact) mass is 336 g/mol. The number of aromatic hydroxyl groups is 1.